The topological polar surface area (TPSA) is 38.8 Å². The molecule has 6 heteroatoms. The van der Waals surface area contributed by atoms with Crippen molar-refractivity contribution in [2.75, 3.05) is 31.2 Å². The predicted octanol–water partition coefficient (Wildman–Crippen LogP) is 2.44. The van der Waals surface area contributed by atoms with Crippen LogP contribution in [0.1, 0.15) is 10.4 Å². The normalized spacial score (nSPS) is 15.8. The minimum atomic E-state index is -1.16. The fraction of sp³-hybridized carbons (Fsp3) is 0.417. The molecule has 0 aliphatic carbocycles. The number of alkyl halides is 2. The number of halogens is 2. The number of rotatable bonds is 3. The lowest BCUT2D eigenvalue weighted by atomic mass is 10.1. The van der Waals surface area contributed by atoms with Gasteiger partial charge < -0.3 is 14.4 Å². The van der Waals surface area contributed by atoms with Crippen LogP contribution in [0.2, 0.25) is 0 Å². The summed E-state index contributed by atoms with van der Waals surface area (Å²) in [5.41, 5.74) is 1.28. The molecular formula is C12H13Cl2NO3. The lowest BCUT2D eigenvalue weighted by molar-refractivity contribution is 0.0535. The minimum Gasteiger partial charge on any atom is -0.428 e. The Morgan fingerprint density at radius 1 is 1.28 bits per heavy atom. The van der Waals surface area contributed by atoms with E-state index in [0.717, 1.165) is 18.8 Å². The Hall–Kier alpha value is -0.970. The molecule has 1 saturated heterocycles. The Bertz CT molecular complexity index is 420. The summed E-state index contributed by atoms with van der Waals surface area (Å²) in [5, 5.41) is -1.16. The summed E-state index contributed by atoms with van der Waals surface area (Å²) in [6.07, 6.45) is 0. The highest BCUT2D eigenvalue weighted by atomic mass is 35.5. The van der Waals surface area contributed by atoms with Gasteiger partial charge >= 0.3 is 5.97 Å². The fourth-order valence-electron chi connectivity index (χ4n) is 1.87. The molecule has 4 nitrogen and oxygen atoms in total. The van der Waals surface area contributed by atoms with E-state index in [1.807, 2.05) is 12.1 Å². The van der Waals surface area contributed by atoms with E-state index in [2.05, 4.69) is 4.90 Å². The van der Waals surface area contributed by atoms with Crippen LogP contribution in [0.4, 0.5) is 5.69 Å². The van der Waals surface area contributed by atoms with E-state index >= 15 is 0 Å². The summed E-state index contributed by atoms with van der Waals surface area (Å²) < 4.78 is 10.1. The SMILES string of the molecule is O=C(OC(Cl)Cl)c1ccccc1N1CCOCC1. The lowest BCUT2D eigenvalue weighted by Gasteiger charge is -2.30. The molecule has 0 N–H and O–H groups in total. The molecule has 1 aliphatic heterocycles. The lowest BCUT2D eigenvalue weighted by Crippen LogP contribution is -2.37. The third kappa shape index (κ3) is 3.28. The first-order chi connectivity index (χ1) is 8.68. The van der Waals surface area contributed by atoms with Crippen molar-refractivity contribution in [1.82, 2.24) is 0 Å². The Balaban J connectivity index is 2.21. The Morgan fingerprint density at radius 3 is 2.61 bits per heavy atom. The molecule has 1 aromatic rings. The highest BCUT2D eigenvalue weighted by Gasteiger charge is 2.20. The highest BCUT2D eigenvalue weighted by Crippen LogP contribution is 2.23. The van der Waals surface area contributed by atoms with E-state index in [0.29, 0.717) is 18.8 Å². The summed E-state index contributed by atoms with van der Waals surface area (Å²) in [4.78, 5) is 14.0. The quantitative estimate of drug-likeness (QED) is 0.633. The van der Waals surface area contributed by atoms with Gasteiger partial charge in [-0.3, -0.25) is 0 Å². The van der Waals surface area contributed by atoms with Crippen molar-refractivity contribution in [3.63, 3.8) is 0 Å². The molecule has 0 amide bonds. The van der Waals surface area contributed by atoms with Crippen LogP contribution in [0.25, 0.3) is 0 Å². The number of morpholine rings is 1. The summed E-state index contributed by atoms with van der Waals surface area (Å²) in [7, 11) is 0. The second kappa shape index (κ2) is 6.27. The Kier molecular flexibility index (Phi) is 4.69. The molecule has 0 spiro atoms. The summed E-state index contributed by atoms with van der Waals surface area (Å²) in [6, 6.07) is 7.22. The van der Waals surface area contributed by atoms with Crippen LogP contribution in [0.5, 0.6) is 0 Å². The first kappa shape index (κ1) is 13.5. The molecule has 0 atom stereocenters. The van der Waals surface area contributed by atoms with Gasteiger partial charge in [0.25, 0.3) is 5.02 Å². The first-order valence-corrected chi connectivity index (χ1v) is 6.46. The van der Waals surface area contributed by atoms with Gasteiger partial charge in [0.2, 0.25) is 0 Å². The van der Waals surface area contributed by atoms with E-state index in [9.17, 15) is 4.79 Å². The zero-order valence-corrected chi connectivity index (χ0v) is 11.2. The van der Waals surface area contributed by atoms with E-state index in [-0.39, 0.29) is 0 Å². The number of benzene rings is 1. The van der Waals surface area contributed by atoms with E-state index in [1.54, 1.807) is 12.1 Å². The summed E-state index contributed by atoms with van der Waals surface area (Å²) in [6.45, 7) is 2.79. The molecule has 1 heterocycles. The predicted molar refractivity (Wildman–Crippen MR) is 70.4 cm³/mol. The van der Waals surface area contributed by atoms with Crippen molar-refractivity contribution < 1.29 is 14.3 Å². The maximum atomic E-state index is 11.9. The van der Waals surface area contributed by atoms with Crippen molar-refractivity contribution >= 4 is 34.9 Å². The van der Waals surface area contributed by atoms with Crippen LogP contribution >= 0.6 is 23.2 Å². The molecule has 18 heavy (non-hydrogen) atoms. The van der Waals surface area contributed by atoms with Crippen molar-refractivity contribution in [2.24, 2.45) is 0 Å². The van der Waals surface area contributed by atoms with Crippen molar-refractivity contribution in [3.8, 4) is 0 Å². The second-order valence-electron chi connectivity index (χ2n) is 3.78. The Morgan fingerprint density at radius 2 is 1.94 bits per heavy atom. The number of nitrogens with zero attached hydrogens (tertiary/aromatic N) is 1. The average Bonchev–Trinajstić information content (AvgIpc) is 2.39. The van der Waals surface area contributed by atoms with Gasteiger partial charge in [0.1, 0.15) is 0 Å². The fourth-order valence-corrected chi connectivity index (χ4v) is 2.03. The molecular weight excluding hydrogens is 277 g/mol. The molecule has 0 saturated carbocycles. The number of carbonyl (C=O) groups is 1. The van der Waals surface area contributed by atoms with Gasteiger partial charge in [-0.1, -0.05) is 35.3 Å². The van der Waals surface area contributed by atoms with Crippen molar-refractivity contribution in [2.45, 2.75) is 5.02 Å². The number of esters is 1. The summed E-state index contributed by atoms with van der Waals surface area (Å²) >= 11 is 10.9. The molecule has 0 radical (unpaired) electrons. The average molecular weight is 290 g/mol. The number of hydrogen-bond acceptors (Lipinski definition) is 4. The van der Waals surface area contributed by atoms with Crippen LogP contribution < -0.4 is 4.90 Å². The number of anilines is 1. The molecule has 0 aromatic heterocycles. The van der Waals surface area contributed by atoms with Gasteiger partial charge in [0, 0.05) is 13.1 Å². The van der Waals surface area contributed by atoms with Crippen LogP contribution in [-0.2, 0) is 9.47 Å². The zero-order chi connectivity index (χ0) is 13.0. The smallest absolute Gasteiger partial charge is 0.342 e. The maximum Gasteiger partial charge on any atom is 0.342 e. The van der Waals surface area contributed by atoms with Crippen molar-refractivity contribution in [1.29, 1.82) is 0 Å². The van der Waals surface area contributed by atoms with E-state index in [4.69, 9.17) is 32.7 Å². The van der Waals surface area contributed by atoms with E-state index < -0.39 is 11.0 Å². The van der Waals surface area contributed by atoms with Crippen molar-refractivity contribution in [3.05, 3.63) is 29.8 Å². The third-order valence-corrected chi connectivity index (χ3v) is 2.85. The molecule has 2 rings (SSSR count). The molecule has 1 fully saturated rings. The van der Waals surface area contributed by atoms with Gasteiger partial charge in [-0.05, 0) is 12.1 Å². The second-order valence-corrected chi connectivity index (χ2v) is 4.80. The van der Waals surface area contributed by atoms with Gasteiger partial charge in [-0.2, -0.15) is 0 Å². The number of para-hydroxylation sites is 1. The first-order valence-electron chi connectivity index (χ1n) is 5.59. The monoisotopic (exact) mass is 289 g/mol. The molecule has 0 unspecified atom stereocenters. The standard InChI is InChI=1S/C12H13Cl2NO3/c13-12(14)18-11(16)9-3-1-2-4-10(9)15-5-7-17-8-6-15/h1-4,12H,5-8H2. The van der Waals surface area contributed by atoms with Crippen LogP contribution in [-0.4, -0.2) is 37.3 Å². The zero-order valence-electron chi connectivity index (χ0n) is 9.64. The molecule has 0 bridgehead atoms. The molecule has 1 aliphatic rings. The number of hydrogen-bond donors (Lipinski definition) is 0. The van der Waals surface area contributed by atoms with Gasteiger partial charge in [-0.15, -0.1) is 0 Å². The third-order valence-electron chi connectivity index (χ3n) is 2.67. The van der Waals surface area contributed by atoms with E-state index in [1.165, 1.54) is 0 Å². The summed E-state index contributed by atoms with van der Waals surface area (Å²) in [5.74, 6) is -0.521. The van der Waals surface area contributed by atoms with Gasteiger partial charge in [0.05, 0.1) is 24.5 Å². The largest absolute Gasteiger partial charge is 0.428 e. The van der Waals surface area contributed by atoms with Gasteiger partial charge in [0.15, 0.2) is 0 Å². The Labute approximate surface area is 115 Å². The number of carbonyl (C=O) groups excluding carboxylic acids is 1. The van der Waals surface area contributed by atoms with Crippen LogP contribution in [0.3, 0.4) is 0 Å². The van der Waals surface area contributed by atoms with Gasteiger partial charge in [-0.25, -0.2) is 4.79 Å². The van der Waals surface area contributed by atoms with Crippen LogP contribution in [0, 0.1) is 0 Å². The molecule has 1 aromatic carbocycles. The van der Waals surface area contributed by atoms with Crippen LogP contribution in [0.15, 0.2) is 24.3 Å². The minimum absolute atomic E-state index is 0.464. The maximum absolute atomic E-state index is 11.9. The number of ether oxygens (including phenoxy) is 2. The highest BCUT2D eigenvalue weighted by molar-refractivity contribution is 6.43. The molecule has 98 valence electrons.